The largest absolute Gasteiger partial charge is 0.441 e. The monoisotopic (exact) mass is 275 g/mol. The van der Waals surface area contributed by atoms with Crippen LogP contribution in [0.2, 0.25) is 0 Å². The van der Waals surface area contributed by atoms with Crippen LogP contribution >= 0.6 is 15.9 Å². The van der Waals surface area contributed by atoms with Gasteiger partial charge in [-0.2, -0.15) is 0 Å². The maximum absolute atomic E-state index is 5.76. The second-order valence-corrected chi connectivity index (χ2v) is 4.69. The van der Waals surface area contributed by atoms with E-state index in [2.05, 4.69) is 27.0 Å². The first-order valence-corrected chi connectivity index (χ1v) is 6.04. The second kappa shape index (κ2) is 3.91. The Morgan fingerprint density at radius 3 is 3.06 bits per heavy atom. The van der Waals surface area contributed by atoms with Crippen LogP contribution < -0.4 is 0 Å². The number of hydrogen-bond acceptors (Lipinski definition) is 2. The first-order chi connectivity index (χ1) is 7.83. The lowest BCUT2D eigenvalue weighted by Crippen LogP contribution is -1.88. The summed E-state index contributed by atoms with van der Waals surface area (Å²) in [7, 11) is 0. The van der Waals surface area contributed by atoms with E-state index in [0.717, 1.165) is 34.3 Å². The third-order valence-electron chi connectivity index (χ3n) is 2.61. The molecule has 0 unspecified atom stereocenters. The quantitative estimate of drug-likeness (QED) is 0.784. The van der Waals surface area contributed by atoms with Gasteiger partial charge in [0.25, 0.3) is 0 Å². The Hall–Kier alpha value is -1.35. The zero-order valence-corrected chi connectivity index (χ0v) is 10.2. The fourth-order valence-corrected chi connectivity index (χ4v) is 2.23. The van der Waals surface area contributed by atoms with Gasteiger partial charge in [0.2, 0.25) is 5.89 Å². The van der Waals surface area contributed by atoms with Crippen molar-refractivity contribution in [1.82, 2.24) is 4.98 Å². The smallest absolute Gasteiger partial charge is 0.226 e. The van der Waals surface area contributed by atoms with Crippen molar-refractivity contribution in [3.05, 3.63) is 46.3 Å². The third kappa shape index (κ3) is 1.71. The molecule has 0 atom stereocenters. The highest BCUT2D eigenvalue weighted by Gasteiger charge is 2.14. The normalized spacial score (nSPS) is 13.8. The molecule has 1 aromatic carbocycles. The van der Waals surface area contributed by atoms with E-state index in [4.69, 9.17) is 4.42 Å². The standard InChI is InChI=1S/C13H10BrNO/c14-10-5-3-4-9(8-10)13-15-11-6-1-2-7-12(11)16-13/h1,3-6,8H,2,7H2. The molecule has 0 spiro atoms. The van der Waals surface area contributed by atoms with Crippen LogP contribution in [-0.4, -0.2) is 4.98 Å². The van der Waals surface area contributed by atoms with Crippen LogP contribution in [0.4, 0.5) is 0 Å². The van der Waals surface area contributed by atoms with E-state index in [1.165, 1.54) is 0 Å². The average Bonchev–Trinajstić information content (AvgIpc) is 2.72. The van der Waals surface area contributed by atoms with Crippen LogP contribution in [0.1, 0.15) is 17.9 Å². The van der Waals surface area contributed by atoms with Crippen LogP contribution in [-0.2, 0) is 6.42 Å². The number of rotatable bonds is 1. The van der Waals surface area contributed by atoms with Crippen molar-refractivity contribution >= 4 is 22.0 Å². The fraction of sp³-hybridized carbons (Fsp3) is 0.154. The molecule has 0 amide bonds. The van der Waals surface area contributed by atoms with Gasteiger partial charge in [0.05, 0.1) is 0 Å². The van der Waals surface area contributed by atoms with Gasteiger partial charge in [0.1, 0.15) is 11.5 Å². The van der Waals surface area contributed by atoms with Gasteiger partial charge in [-0.25, -0.2) is 4.98 Å². The Bertz CT molecular complexity index is 557. The molecular formula is C13H10BrNO. The van der Waals surface area contributed by atoms with Crippen LogP contribution in [0.3, 0.4) is 0 Å². The van der Waals surface area contributed by atoms with E-state index in [9.17, 15) is 0 Å². The van der Waals surface area contributed by atoms with Gasteiger partial charge in [-0.15, -0.1) is 0 Å². The number of aryl methyl sites for hydroxylation is 1. The summed E-state index contributed by atoms with van der Waals surface area (Å²) in [6, 6.07) is 8.00. The molecule has 0 N–H and O–H groups in total. The summed E-state index contributed by atoms with van der Waals surface area (Å²) in [4.78, 5) is 4.49. The maximum atomic E-state index is 5.76. The highest BCUT2D eigenvalue weighted by atomic mass is 79.9. The summed E-state index contributed by atoms with van der Waals surface area (Å²) in [6.07, 6.45) is 6.16. The van der Waals surface area contributed by atoms with E-state index in [1.54, 1.807) is 0 Å². The van der Waals surface area contributed by atoms with Gasteiger partial charge in [0.15, 0.2) is 0 Å². The van der Waals surface area contributed by atoms with Crippen molar-refractivity contribution in [2.75, 3.05) is 0 Å². The molecule has 80 valence electrons. The lowest BCUT2D eigenvalue weighted by atomic mass is 10.1. The SMILES string of the molecule is Brc1cccc(-c2nc3c(o2)CCC=C3)c1. The zero-order chi connectivity index (χ0) is 11.0. The van der Waals surface area contributed by atoms with Gasteiger partial charge in [-0.05, 0) is 30.7 Å². The van der Waals surface area contributed by atoms with E-state index in [0.29, 0.717) is 5.89 Å². The molecule has 2 nitrogen and oxygen atoms in total. The number of fused-ring (bicyclic) bond motifs is 1. The summed E-state index contributed by atoms with van der Waals surface area (Å²) >= 11 is 3.45. The fourth-order valence-electron chi connectivity index (χ4n) is 1.83. The number of allylic oxidation sites excluding steroid dienone is 1. The zero-order valence-electron chi connectivity index (χ0n) is 8.61. The van der Waals surface area contributed by atoms with E-state index in [-0.39, 0.29) is 0 Å². The molecule has 3 heteroatoms. The van der Waals surface area contributed by atoms with Crippen LogP contribution in [0.5, 0.6) is 0 Å². The highest BCUT2D eigenvalue weighted by Crippen LogP contribution is 2.27. The van der Waals surface area contributed by atoms with Gasteiger partial charge in [0, 0.05) is 16.5 Å². The van der Waals surface area contributed by atoms with Crippen LogP contribution in [0.15, 0.2) is 39.2 Å². The molecule has 0 fully saturated rings. The Morgan fingerprint density at radius 2 is 2.25 bits per heavy atom. The van der Waals surface area contributed by atoms with E-state index < -0.39 is 0 Å². The molecular weight excluding hydrogens is 266 g/mol. The van der Waals surface area contributed by atoms with Gasteiger partial charge in [-0.1, -0.05) is 28.1 Å². The minimum atomic E-state index is 0.706. The number of halogens is 1. The number of nitrogens with zero attached hydrogens (tertiary/aromatic N) is 1. The van der Waals surface area contributed by atoms with Gasteiger partial charge in [-0.3, -0.25) is 0 Å². The van der Waals surface area contributed by atoms with E-state index in [1.807, 2.05) is 30.3 Å². The maximum Gasteiger partial charge on any atom is 0.226 e. The summed E-state index contributed by atoms with van der Waals surface area (Å²) in [5.74, 6) is 1.70. The molecule has 1 aliphatic rings. The first-order valence-electron chi connectivity index (χ1n) is 5.25. The molecule has 1 aromatic heterocycles. The van der Waals surface area contributed by atoms with Crippen molar-refractivity contribution < 1.29 is 4.42 Å². The van der Waals surface area contributed by atoms with Crippen LogP contribution in [0.25, 0.3) is 17.5 Å². The number of benzene rings is 1. The first kappa shape index (κ1) is 9.85. The van der Waals surface area contributed by atoms with Crippen molar-refractivity contribution in [1.29, 1.82) is 0 Å². The molecule has 0 bridgehead atoms. The summed E-state index contributed by atoms with van der Waals surface area (Å²) in [5, 5.41) is 0. The summed E-state index contributed by atoms with van der Waals surface area (Å²) < 4.78 is 6.80. The minimum Gasteiger partial charge on any atom is -0.441 e. The molecule has 16 heavy (non-hydrogen) atoms. The average molecular weight is 276 g/mol. The molecule has 0 aliphatic heterocycles. The lowest BCUT2D eigenvalue weighted by Gasteiger charge is -1.98. The Morgan fingerprint density at radius 1 is 1.31 bits per heavy atom. The Kier molecular flexibility index (Phi) is 2.40. The van der Waals surface area contributed by atoms with Crippen molar-refractivity contribution in [3.63, 3.8) is 0 Å². The molecule has 3 rings (SSSR count). The van der Waals surface area contributed by atoms with Gasteiger partial charge < -0.3 is 4.42 Å². The van der Waals surface area contributed by atoms with Crippen molar-refractivity contribution in [2.45, 2.75) is 12.8 Å². The Labute approximate surface area is 102 Å². The highest BCUT2D eigenvalue weighted by molar-refractivity contribution is 9.10. The van der Waals surface area contributed by atoms with Gasteiger partial charge >= 0.3 is 0 Å². The predicted molar refractivity (Wildman–Crippen MR) is 67.0 cm³/mol. The van der Waals surface area contributed by atoms with Crippen molar-refractivity contribution in [3.8, 4) is 11.5 Å². The number of aromatic nitrogens is 1. The second-order valence-electron chi connectivity index (χ2n) is 3.78. The molecule has 1 aliphatic carbocycles. The van der Waals surface area contributed by atoms with E-state index >= 15 is 0 Å². The van der Waals surface area contributed by atoms with Crippen molar-refractivity contribution in [2.24, 2.45) is 0 Å². The molecule has 2 aromatic rings. The van der Waals surface area contributed by atoms with Crippen LogP contribution in [0, 0.1) is 0 Å². The summed E-state index contributed by atoms with van der Waals surface area (Å²) in [5.41, 5.74) is 1.98. The molecule has 0 radical (unpaired) electrons. The summed E-state index contributed by atoms with van der Waals surface area (Å²) in [6.45, 7) is 0. The molecule has 1 heterocycles. The molecule has 0 saturated heterocycles. The number of oxazole rings is 1. The topological polar surface area (TPSA) is 26.0 Å². The number of hydrogen-bond donors (Lipinski definition) is 0. The molecule has 0 saturated carbocycles. The minimum absolute atomic E-state index is 0.706. The lowest BCUT2D eigenvalue weighted by molar-refractivity contribution is 0.516. The predicted octanol–water partition coefficient (Wildman–Crippen LogP) is 4.06. The third-order valence-corrected chi connectivity index (χ3v) is 3.11. The Balaban J connectivity index is 2.07.